The van der Waals surface area contributed by atoms with E-state index < -0.39 is 5.91 Å². The summed E-state index contributed by atoms with van der Waals surface area (Å²) in [4.78, 5) is 25.8. The van der Waals surface area contributed by atoms with Crippen LogP contribution in [0, 0.1) is 12.3 Å². The van der Waals surface area contributed by atoms with Crippen LogP contribution >= 0.6 is 0 Å². The van der Waals surface area contributed by atoms with Gasteiger partial charge in [0.25, 0.3) is 5.91 Å². The quantitative estimate of drug-likeness (QED) is 0.547. The number of carbonyl (C=O) groups excluding carboxylic acids is 2. The monoisotopic (exact) mass is 364 g/mol. The molecule has 0 fully saturated rings. The van der Waals surface area contributed by atoms with E-state index in [1.807, 2.05) is 60.7 Å². The van der Waals surface area contributed by atoms with Crippen LogP contribution in [0.4, 0.5) is 0 Å². The molecule has 2 rings (SSSR count). The van der Waals surface area contributed by atoms with Crippen molar-refractivity contribution in [2.75, 3.05) is 33.4 Å². The van der Waals surface area contributed by atoms with Gasteiger partial charge < -0.3 is 15.0 Å². The number of benzene rings is 2. The highest BCUT2D eigenvalue weighted by Gasteiger charge is 2.22. The van der Waals surface area contributed by atoms with Crippen molar-refractivity contribution in [2.24, 2.45) is 0 Å². The van der Waals surface area contributed by atoms with Crippen molar-refractivity contribution in [3.05, 3.63) is 71.8 Å². The molecule has 0 saturated heterocycles. The molecule has 0 aliphatic rings. The van der Waals surface area contributed by atoms with Crippen molar-refractivity contribution in [2.45, 2.75) is 5.92 Å². The molecule has 2 aromatic rings. The van der Waals surface area contributed by atoms with E-state index in [4.69, 9.17) is 11.2 Å². The molecule has 0 spiro atoms. The lowest BCUT2D eigenvalue weighted by Gasteiger charge is -2.26. The molecule has 0 atom stereocenters. The van der Waals surface area contributed by atoms with Gasteiger partial charge in [-0.05, 0) is 17.0 Å². The summed E-state index contributed by atoms with van der Waals surface area (Å²) in [5.41, 5.74) is 2.11. The second-order valence-electron chi connectivity index (χ2n) is 6.05. The van der Waals surface area contributed by atoms with Gasteiger partial charge in [0.1, 0.15) is 6.54 Å². The Morgan fingerprint density at radius 3 is 2.11 bits per heavy atom. The molecule has 0 aromatic heterocycles. The van der Waals surface area contributed by atoms with Crippen molar-refractivity contribution in [3.8, 4) is 12.3 Å². The Labute approximate surface area is 160 Å². The Balaban J connectivity index is 2.21. The highest BCUT2D eigenvalue weighted by molar-refractivity contribution is 5.95. The first-order valence-electron chi connectivity index (χ1n) is 8.76. The van der Waals surface area contributed by atoms with Crippen LogP contribution in [0.1, 0.15) is 17.0 Å². The number of amides is 2. The fourth-order valence-corrected chi connectivity index (χ4v) is 2.83. The fraction of sp³-hybridized carbons (Fsp3) is 0.273. The molecule has 5 nitrogen and oxygen atoms in total. The molecule has 1 N–H and O–H groups in total. The molecule has 140 valence electrons. The van der Waals surface area contributed by atoms with Gasteiger partial charge >= 0.3 is 0 Å². The normalized spacial score (nSPS) is 10.3. The van der Waals surface area contributed by atoms with Gasteiger partial charge in [0.05, 0.1) is 6.61 Å². The summed E-state index contributed by atoms with van der Waals surface area (Å²) in [6.07, 6.45) is 5.33. The molecule has 0 aliphatic heterocycles. The predicted molar refractivity (Wildman–Crippen MR) is 105 cm³/mol. The minimum absolute atomic E-state index is 0.0866. The lowest BCUT2D eigenvalue weighted by molar-refractivity contribution is -0.132. The summed E-state index contributed by atoms with van der Waals surface area (Å²) in [6.45, 7) is 1.01. The van der Waals surface area contributed by atoms with Crippen LogP contribution < -0.4 is 5.32 Å². The van der Waals surface area contributed by atoms with Crippen LogP contribution in [0.25, 0.3) is 0 Å². The number of nitrogens with zero attached hydrogens (tertiary/aromatic N) is 1. The van der Waals surface area contributed by atoms with E-state index in [1.54, 1.807) is 7.11 Å². The van der Waals surface area contributed by atoms with Crippen molar-refractivity contribution in [1.82, 2.24) is 10.2 Å². The van der Waals surface area contributed by atoms with E-state index in [1.165, 1.54) is 4.90 Å². The number of rotatable bonds is 9. The number of hydrogen-bond donors (Lipinski definition) is 1. The zero-order valence-electron chi connectivity index (χ0n) is 15.4. The molecule has 0 aliphatic carbocycles. The molecule has 0 bridgehead atoms. The maximum atomic E-state index is 12.3. The SMILES string of the molecule is C#CC(=O)N(CC(=O)NCCOC)CC(c1ccccc1)c1ccccc1. The third-order valence-corrected chi connectivity index (χ3v) is 4.18. The largest absolute Gasteiger partial charge is 0.383 e. The number of hydrogen-bond acceptors (Lipinski definition) is 3. The van der Waals surface area contributed by atoms with E-state index >= 15 is 0 Å². The van der Waals surface area contributed by atoms with Crippen molar-refractivity contribution in [3.63, 3.8) is 0 Å². The van der Waals surface area contributed by atoms with Gasteiger partial charge in [-0.3, -0.25) is 9.59 Å². The third kappa shape index (κ3) is 6.28. The first kappa shape index (κ1) is 20.2. The summed E-state index contributed by atoms with van der Waals surface area (Å²) in [6, 6.07) is 19.7. The molecule has 0 saturated carbocycles. The highest BCUT2D eigenvalue weighted by atomic mass is 16.5. The Kier molecular flexibility index (Phi) is 8.08. The molecular formula is C22H24N2O3. The lowest BCUT2D eigenvalue weighted by atomic mass is 9.90. The Morgan fingerprint density at radius 1 is 1.07 bits per heavy atom. The van der Waals surface area contributed by atoms with Gasteiger partial charge in [-0.2, -0.15) is 0 Å². The Morgan fingerprint density at radius 2 is 1.63 bits per heavy atom. The summed E-state index contributed by atoms with van der Waals surface area (Å²) in [5.74, 6) is 1.27. The molecule has 2 amide bonds. The van der Waals surface area contributed by atoms with E-state index in [-0.39, 0.29) is 18.4 Å². The highest BCUT2D eigenvalue weighted by Crippen LogP contribution is 2.25. The maximum Gasteiger partial charge on any atom is 0.298 e. The van der Waals surface area contributed by atoms with Crippen LogP contribution in [-0.2, 0) is 14.3 Å². The van der Waals surface area contributed by atoms with E-state index in [0.29, 0.717) is 19.7 Å². The van der Waals surface area contributed by atoms with Crippen LogP contribution in [0.2, 0.25) is 0 Å². The topological polar surface area (TPSA) is 58.6 Å². The van der Waals surface area contributed by atoms with Gasteiger partial charge in [0.15, 0.2) is 0 Å². The lowest BCUT2D eigenvalue weighted by Crippen LogP contribution is -2.43. The second kappa shape index (κ2) is 10.8. The molecule has 0 heterocycles. The van der Waals surface area contributed by atoms with Crippen LogP contribution in [0.15, 0.2) is 60.7 Å². The van der Waals surface area contributed by atoms with E-state index in [2.05, 4.69) is 11.2 Å². The molecule has 0 unspecified atom stereocenters. The smallest absolute Gasteiger partial charge is 0.298 e. The van der Waals surface area contributed by atoms with Crippen LogP contribution in [0.3, 0.4) is 0 Å². The predicted octanol–water partition coefficient (Wildman–Crippen LogP) is 2.04. The van der Waals surface area contributed by atoms with E-state index in [0.717, 1.165) is 11.1 Å². The summed E-state index contributed by atoms with van der Waals surface area (Å²) in [5, 5.41) is 2.72. The molecule has 2 aromatic carbocycles. The zero-order chi connectivity index (χ0) is 19.5. The molecule has 5 heteroatoms. The van der Waals surface area contributed by atoms with Crippen molar-refractivity contribution >= 4 is 11.8 Å². The molecular weight excluding hydrogens is 340 g/mol. The van der Waals surface area contributed by atoms with E-state index in [9.17, 15) is 9.59 Å². The maximum absolute atomic E-state index is 12.3. The number of carbonyl (C=O) groups is 2. The standard InChI is InChI=1S/C22H24N2O3/c1-3-22(26)24(17-21(25)23-14-15-27-2)16-20(18-10-6-4-7-11-18)19-12-8-5-9-13-19/h1,4-13,20H,14-17H2,2H3,(H,23,25). The first-order chi connectivity index (χ1) is 13.2. The fourth-order valence-electron chi connectivity index (χ4n) is 2.83. The van der Waals surface area contributed by atoms with Gasteiger partial charge in [0, 0.05) is 26.1 Å². The number of terminal acetylenes is 1. The second-order valence-corrected chi connectivity index (χ2v) is 6.05. The average Bonchev–Trinajstić information content (AvgIpc) is 2.72. The average molecular weight is 364 g/mol. The van der Waals surface area contributed by atoms with Crippen molar-refractivity contribution in [1.29, 1.82) is 0 Å². The minimum Gasteiger partial charge on any atom is -0.383 e. The van der Waals surface area contributed by atoms with Gasteiger partial charge in [-0.1, -0.05) is 60.7 Å². The Hall–Kier alpha value is -3.10. The third-order valence-electron chi connectivity index (χ3n) is 4.18. The van der Waals surface area contributed by atoms with Gasteiger partial charge in [-0.25, -0.2) is 0 Å². The Bertz CT molecular complexity index is 730. The summed E-state index contributed by atoms with van der Waals surface area (Å²) in [7, 11) is 1.56. The number of ether oxygens (including phenoxy) is 1. The number of nitrogens with one attached hydrogen (secondary N) is 1. The first-order valence-corrected chi connectivity index (χ1v) is 8.76. The van der Waals surface area contributed by atoms with Gasteiger partial charge in [0.2, 0.25) is 5.91 Å². The minimum atomic E-state index is -0.506. The molecule has 27 heavy (non-hydrogen) atoms. The van der Waals surface area contributed by atoms with Crippen molar-refractivity contribution < 1.29 is 14.3 Å². The molecule has 0 radical (unpaired) electrons. The van der Waals surface area contributed by atoms with Crippen LogP contribution in [-0.4, -0.2) is 50.1 Å². The van der Waals surface area contributed by atoms with Gasteiger partial charge in [-0.15, -0.1) is 6.42 Å². The zero-order valence-corrected chi connectivity index (χ0v) is 15.4. The van der Waals surface area contributed by atoms with Crippen LogP contribution in [0.5, 0.6) is 0 Å². The summed E-state index contributed by atoms with van der Waals surface area (Å²) < 4.78 is 4.92. The number of methoxy groups -OCH3 is 1. The summed E-state index contributed by atoms with van der Waals surface area (Å²) >= 11 is 0.